The van der Waals surface area contributed by atoms with E-state index in [1.165, 1.54) is 55.6 Å². The highest BCUT2D eigenvalue weighted by Crippen LogP contribution is 2.39. The van der Waals surface area contributed by atoms with Crippen LogP contribution >= 0.6 is 0 Å². The van der Waals surface area contributed by atoms with Gasteiger partial charge in [-0.15, -0.1) is 0 Å². The van der Waals surface area contributed by atoms with E-state index >= 15 is 0 Å². The molecule has 0 amide bonds. The van der Waals surface area contributed by atoms with E-state index in [2.05, 4.69) is 156 Å². The minimum atomic E-state index is -0.359. The smallest absolute Gasteiger partial charge is 0.399 e. The highest BCUT2D eigenvalue weighted by atomic mass is 16.7. The zero-order valence-electron chi connectivity index (χ0n) is 29.7. The second-order valence-corrected chi connectivity index (χ2v) is 15.4. The molecule has 6 heteroatoms. The van der Waals surface area contributed by atoms with Gasteiger partial charge >= 0.3 is 14.2 Å². The van der Waals surface area contributed by atoms with Crippen molar-refractivity contribution in [1.29, 1.82) is 0 Å². The second kappa shape index (κ2) is 11.2. The first-order valence-electron chi connectivity index (χ1n) is 16.5. The van der Waals surface area contributed by atoms with E-state index in [1.807, 2.05) is 0 Å². The lowest BCUT2D eigenvalue weighted by atomic mass is 9.76. The van der Waals surface area contributed by atoms with Crippen LogP contribution in [0, 0.1) is 27.7 Å². The standard InChI is InChI=1S/C40H48B2O4/c1-25-21-33(41-43-37(5,6)38(7,8)44-41)22-26(2)35(25)31-17-13-29(14-18-31)30-15-19-32(20-16-30)36-27(3)23-34(24-28(36)4)42-45-39(9,10)40(11,12)46-42/h13-24H,1-12H3. The van der Waals surface area contributed by atoms with Crippen LogP contribution in [0.1, 0.15) is 77.6 Å². The number of aryl methyl sites for hydroxylation is 4. The number of rotatable bonds is 5. The van der Waals surface area contributed by atoms with Gasteiger partial charge in [-0.1, -0.05) is 72.8 Å². The Morgan fingerprint density at radius 1 is 0.370 bits per heavy atom. The molecule has 2 aliphatic rings. The average molecular weight is 614 g/mol. The van der Waals surface area contributed by atoms with Gasteiger partial charge in [-0.3, -0.25) is 0 Å². The second-order valence-electron chi connectivity index (χ2n) is 15.4. The van der Waals surface area contributed by atoms with E-state index in [-0.39, 0.29) is 36.6 Å². The lowest BCUT2D eigenvalue weighted by Gasteiger charge is -2.32. The third-order valence-electron chi connectivity index (χ3n) is 10.8. The average Bonchev–Trinajstić information content (AvgIpc) is 3.32. The summed E-state index contributed by atoms with van der Waals surface area (Å²) in [5.41, 5.74) is 12.9. The molecule has 0 atom stereocenters. The fourth-order valence-electron chi connectivity index (χ4n) is 6.79. The molecule has 2 saturated heterocycles. The lowest BCUT2D eigenvalue weighted by Crippen LogP contribution is -2.41. The molecule has 4 nitrogen and oxygen atoms in total. The summed E-state index contributed by atoms with van der Waals surface area (Å²) in [4.78, 5) is 0. The summed E-state index contributed by atoms with van der Waals surface area (Å²) in [5, 5.41) is 0. The van der Waals surface area contributed by atoms with Crippen LogP contribution in [-0.2, 0) is 18.6 Å². The van der Waals surface area contributed by atoms with Crippen LogP contribution in [0.2, 0.25) is 0 Å². The van der Waals surface area contributed by atoms with Crippen LogP contribution < -0.4 is 10.9 Å². The predicted molar refractivity (Wildman–Crippen MR) is 193 cm³/mol. The first-order valence-corrected chi connectivity index (χ1v) is 16.5. The summed E-state index contributed by atoms with van der Waals surface area (Å²) in [6, 6.07) is 26.7. The van der Waals surface area contributed by atoms with E-state index in [9.17, 15) is 0 Å². The molecule has 0 saturated carbocycles. The summed E-state index contributed by atoms with van der Waals surface area (Å²) in [5.74, 6) is 0. The molecule has 2 heterocycles. The van der Waals surface area contributed by atoms with Gasteiger partial charge in [0.2, 0.25) is 0 Å². The van der Waals surface area contributed by atoms with Crippen LogP contribution in [0.4, 0.5) is 0 Å². The molecular weight excluding hydrogens is 566 g/mol. The summed E-state index contributed by atoms with van der Waals surface area (Å²) in [6.45, 7) is 25.5. The molecule has 0 spiro atoms. The highest BCUT2D eigenvalue weighted by molar-refractivity contribution is 6.62. The Balaban J connectivity index is 1.20. The van der Waals surface area contributed by atoms with Crippen molar-refractivity contribution in [2.45, 2.75) is 105 Å². The molecule has 238 valence electrons. The van der Waals surface area contributed by atoms with E-state index in [4.69, 9.17) is 18.6 Å². The molecule has 4 aromatic carbocycles. The Kier molecular flexibility index (Phi) is 8.00. The van der Waals surface area contributed by atoms with Crippen LogP contribution in [0.5, 0.6) is 0 Å². The Labute approximate surface area is 277 Å². The fraction of sp³-hybridized carbons (Fsp3) is 0.400. The molecule has 2 aliphatic heterocycles. The van der Waals surface area contributed by atoms with Gasteiger partial charge in [-0.25, -0.2) is 0 Å². The molecule has 0 aliphatic carbocycles. The Hall–Kier alpha value is -3.15. The predicted octanol–water partition coefficient (Wildman–Crippen LogP) is 8.52. The van der Waals surface area contributed by atoms with Gasteiger partial charge in [0.15, 0.2) is 0 Å². The Bertz CT molecular complexity index is 1570. The third kappa shape index (κ3) is 5.68. The molecule has 0 radical (unpaired) electrons. The normalized spacial score (nSPS) is 19.6. The highest BCUT2D eigenvalue weighted by Gasteiger charge is 2.52. The first kappa shape index (κ1) is 32.8. The van der Waals surface area contributed by atoms with Gasteiger partial charge in [0, 0.05) is 0 Å². The van der Waals surface area contributed by atoms with Crippen molar-refractivity contribution in [3.63, 3.8) is 0 Å². The maximum Gasteiger partial charge on any atom is 0.494 e. The molecule has 0 N–H and O–H groups in total. The number of hydrogen-bond donors (Lipinski definition) is 0. The van der Waals surface area contributed by atoms with Gasteiger partial charge < -0.3 is 18.6 Å². The van der Waals surface area contributed by atoms with Crippen molar-refractivity contribution >= 4 is 25.2 Å². The zero-order valence-corrected chi connectivity index (χ0v) is 29.7. The van der Waals surface area contributed by atoms with Gasteiger partial charge in [-0.05, 0) is 150 Å². The van der Waals surface area contributed by atoms with Crippen molar-refractivity contribution in [2.24, 2.45) is 0 Å². The third-order valence-corrected chi connectivity index (χ3v) is 10.8. The zero-order chi connectivity index (χ0) is 33.4. The number of benzene rings is 4. The van der Waals surface area contributed by atoms with Gasteiger partial charge in [0.25, 0.3) is 0 Å². The van der Waals surface area contributed by atoms with Gasteiger partial charge in [0.05, 0.1) is 22.4 Å². The molecule has 46 heavy (non-hydrogen) atoms. The first-order chi connectivity index (χ1) is 21.4. The van der Waals surface area contributed by atoms with Crippen molar-refractivity contribution < 1.29 is 18.6 Å². The topological polar surface area (TPSA) is 36.9 Å². The van der Waals surface area contributed by atoms with Crippen molar-refractivity contribution in [1.82, 2.24) is 0 Å². The molecule has 0 bridgehead atoms. The van der Waals surface area contributed by atoms with E-state index in [0.29, 0.717) is 0 Å². The molecular formula is C40H48B2O4. The van der Waals surface area contributed by atoms with Crippen LogP contribution in [0.25, 0.3) is 33.4 Å². The largest absolute Gasteiger partial charge is 0.494 e. The molecule has 4 aromatic rings. The van der Waals surface area contributed by atoms with Crippen LogP contribution in [-0.4, -0.2) is 36.6 Å². The summed E-state index contributed by atoms with van der Waals surface area (Å²) < 4.78 is 25.3. The minimum Gasteiger partial charge on any atom is -0.399 e. The Morgan fingerprint density at radius 2 is 0.587 bits per heavy atom. The van der Waals surface area contributed by atoms with Crippen molar-refractivity contribution in [3.05, 3.63) is 95.1 Å². The molecule has 6 rings (SSSR count). The van der Waals surface area contributed by atoms with Crippen molar-refractivity contribution in [2.75, 3.05) is 0 Å². The monoisotopic (exact) mass is 614 g/mol. The maximum absolute atomic E-state index is 6.33. The minimum absolute atomic E-state index is 0.357. The van der Waals surface area contributed by atoms with E-state index in [1.54, 1.807) is 0 Å². The van der Waals surface area contributed by atoms with Crippen LogP contribution in [0.3, 0.4) is 0 Å². The Morgan fingerprint density at radius 3 is 0.826 bits per heavy atom. The molecule has 2 fully saturated rings. The SMILES string of the molecule is Cc1cc(B2OC(C)(C)C(C)(C)O2)cc(C)c1-c1ccc(-c2ccc(-c3c(C)cc(B4OC(C)(C)C(C)(C)O4)cc3C)cc2)cc1. The number of hydrogen-bond acceptors (Lipinski definition) is 4. The summed E-state index contributed by atoms with van der Waals surface area (Å²) in [7, 11) is -0.718. The van der Waals surface area contributed by atoms with Crippen LogP contribution in [0.15, 0.2) is 72.8 Å². The summed E-state index contributed by atoms with van der Waals surface area (Å²) in [6.07, 6.45) is 0. The molecule has 0 unspecified atom stereocenters. The molecule has 0 aromatic heterocycles. The quantitative estimate of drug-likeness (QED) is 0.211. The van der Waals surface area contributed by atoms with E-state index in [0.717, 1.165) is 10.9 Å². The lowest BCUT2D eigenvalue weighted by molar-refractivity contribution is 0.00578. The fourth-order valence-corrected chi connectivity index (χ4v) is 6.79. The maximum atomic E-state index is 6.33. The van der Waals surface area contributed by atoms with Gasteiger partial charge in [-0.2, -0.15) is 0 Å². The van der Waals surface area contributed by atoms with Gasteiger partial charge in [0.1, 0.15) is 0 Å². The van der Waals surface area contributed by atoms with E-state index < -0.39 is 0 Å². The van der Waals surface area contributed by atoms with Crippen molar-refractivity contribution in [3.8, 4) is 33.4 Å². The summed E-state index contributed by atoms with van der Waals surface area (Å²) >= 11 is 0.